The third-order valence-electron chi connectivity index (χ3n) is 3.82. The first-order valence-corrected chi connectivity index (χ1v) is 6.89. The number of hydrogen-bond acceptors (Lipinski definition) is 5. The summed E-state index contributed by atoms with van der Waals surface area (Å²) in [5, 5.41) is 1.12. The number of nitrogens with one attached hydrogen (secondary N) is 1. The Morgan fingerprint density at radius 2 is 2.30 bits per heavy atom. The van der Waals surface area contributed by atoms with Crippen molar-refractivity contribution in [1.82, 2.24) is 15.3 Å². The summed E-state index contributed by atoms with van der Waals surface area (Å²) in [6.45, 7) is 2.56. The summed E-state index contributed by atoms with van der Waals surface area (Å²) in [5.74, 6) is 5.75. The molecule has 106 valence electrons. The van der Waals surface area contributed by atoms with Crippen molar-refractivity contribution in [2.24, 2.45) is 5.84 Å². The van der Waals surface area contributed by atoms with Crippen molar-refractivity contribution in [2.45, 2.75) is 12.1 Å². The van der Waals surface area contributed by atoms with Gasteiger partial charge in [0.15, 0.2) is 0 Å². The molecule has 1 fully saturated rings. The van der Waals surface area contributed by atoms with Crippen LogP contribution in [-0.4, -0.2) is 42.7 Å². The van der Waals surface area contributed by atoms with Crippen LogP contribution in [0.2, 0.25) is 0 Å². The Hall–Kier alpha value is -1.53. The highest BCUT2D eigenvalue weighted by atomic mass is 16.5. The van der Waals surface area contributed by atoms with Crippen LogP contribution in [0.15, 0.2) is 36.5 Å². The van der Waals surface area contributed by atoms with E-state index in [0.29, 0.717) is 0 Å². The Morgan fingerprint density at radius 1 is 1.45 bits per heavy atom. The number of fused-ring (bicyclic) bond motifs is 1. The first kappa shape index (κ1) is 13.5. The second kappa shape index (κ2) is 5.85. The Kier molecular flexibility index (Phi) is 3.93. The van der Waals surface area contributed by atoms with Crippen LogP contribution >= 0.6 is 0 Å². The lowest BCUT2D eigenvalue weighted by Crippen LogP contribution is -2.48. The number of para-hydroxylation sites is 1. The lowest BCUT2D eigenvalue weighted by atomic mass is 10.0. The zero-order valence-corrected chi connectivity index (χ0v) is 11.6. The molecule has 5 nitrogen and oxygen atoms in total. The molecular weight excluding hydrogens is 252 g/mol. The van der Waals surface area contributed by atoms with Gasteiger partial charge < -0.3 is 9.64 Å². The Morgan fingerprint density at radius 3 is 3.10 bits per heavy atom. The van der Waals surface area contributed by atoms with E-state index in [4.69, 9.17) is 10.6 Å². The van der Waals surface area contributed by atoms with Crippen LogP contribution < -0.4 is 11.3 Å². The second-order valence-electron chi connectivity index (χ2n) is 5.28. The van der Waals surface area contributed by atoms with Gasteiger partial charge in [-0.25, -0.2) is 0 Å². The van der Waals surface area contributed by atoms with Crippen molar-refractivity contribution in [1.29, 1.82) is 0 Å². The van der Waals surface area contributed by atoms with Gasteiger partial charge in [0, 0.05) is 24.7 Å². The van der Waals surface area contributed by atoms with Crippen molar-refractivity contribution in [2.75, 3.05) is 26.7 Å². The topological polar surface area (TPSA) is 63.4 Å². The molecule has 0 saturated carbocycles. The largest absolute Gasteiger partial charge is 0.374 e. The number of hydrazine groups is 1. The van der Waals surface area contributed by atoms with Gasteiger partial charge in [0.2, 0.25) is 0 Å². The SMILES string of the molecule is CN1CCOC(C(NN)c2cnc3ccccc3c2)C1. The molecule has 5 heteroatoms. The van der Waals surface area contributed by atoms with Crippen molar-refractivity contribution in [3.05, 3.63) is 42.1 Å². The molecule has 0 radical (unpaired) electrons. The standard InChI is InChI=1S/C15H20N4O/c1-19-6-7-20-14(10-19)15(18-16)12-8-11-4-2-3-5-13(11)17-9-12/h2-5,8-9,14-15,18H,6-7,10,16H2,1H3. The first-order chi connectivity index (χ1) is 9.78. The number of nitrogens with two attached hydrogens (primary N) is 1. The van der Waals surface area contributed by atoms with E-state index >= 15 is 0 Å². The molecule has 1 saturated heterocycles. The minimum Gasteiger partial charge on any atom is -0.374 e. The summed E-state index contributed by atoms with van der Waals surface area (Å²) in [6.07, 6.45) is 1.92. The van der Waals surface area contributed by atoms with Crippen LogP contribution in [0.1, 0.15) is 11.6 Å². The summed E-state index contributed by atoms with van der Waals surface area (Å²) in [4.78, 5) is 6.76. The van der Waals surface area contributed by atoms with E-state index in [-0.39, 0.29) is 12.1 Å². The fourth-order valence-electron chi connectivity index (χ4n) is 2.69. The molecule has 2 aromatic rings. The summed E-state index contributed by atoms with van der Waals surface area (Å²) in [6, 6.07) is 10.2. The van der Waals surface area contributed by atoms with Crippen LogP contribution in [0, 0.1) is 0 Å². The van der Waals surface area contributed by atoms with Gasteiger partial charge in [-0.1, -0.05) is 18.2 Å². The van der Waals surface area contributed by atoms with E-state index in [1.54, 1.807) is 0 Å². The van der Waals surface area contributed by atoms with Crippen molar-refractivity contribution < 1.29 is 4.74 Å². The van der Waals surface area contributed by atoms with E-state index < -0.39 is 0 Å². The predicted molar refractivity (Wildman–Crippen MR) is 79.0 cm³/mol. The van der Waals surface area contributed by atoms with Crippen molar-refractivity contribution in [3.8, 4) is 0 Å². The quantitative estimate of drug-likeness (QED) is 0.646. The molecule has 2 unspecified atom stereocenters. The summed E-state index contributed by atoms with van der Waals surface area (Å²) in [7, 11) is 2.10. The minimum absolute atomic E-state index is 0.0433. The molecule has 1 aliphatic rings. The molecule has 0 bridgehead atoms. The average Bonchev–Trinajstić information content (AvgIpc) is 2.48. The fraction of sp³-hybridized carbons (Fsp3) is 0.400. The molecule has 2 heterocycles. The third kappa shape index (κ3) is 2.66. The molecule has 3 rings (SSSR count). The number of pyridine rings is 1. The molecule has 1 aliphatic heterocycles. The number of benzene rings is 1. The zero-order valence-electron chi connectivity index (χ0n) is 11.6. The van der Waals surface area contributed by atoms with Crippen LogP contribution in [0.4, 0.5) is 0 Å². The highest BCUT2D eigenvalue weighted by Crippen LogP contribution is 2.23. The average molecular weight is 272 g/mol. The maximum atomic E-state index is 5.86. The van der Waals surface area contributed by atoms with Gasteiger partial charge in [-0.05, 0) is 24.7 Å². The van der Waals surface area contributed by atoms with E-state index in [1.165, 1.54) is 0 Å². The van der Waals surface area contributed by atoms with Crippen LogP contribution in [0.5, 0.6) is 0 Å². The number of ether oxygens (including phenoxy) is 1. The highest BCUT2D eigenvalue weighted by Gasteiger charge is 2.27. The zero-order chi connectivity index (χ0) is 13.9. The van der Waals surface area contributed by atoms with Crippen LogP contribution in [-0.2, 0) is 4.74 Å². The Balaban J connectivity index is 1.90. The molecular formula is C15H20N4O. The van der Waals surface area contributed by atoms with E-state index in [2.05, 4.69) is 34.5 Å². The predicted octanol–water partition coefficient (Wildman–Crippen LogP) is 1.07. The van der Waals surface area contributed by atoms with Gasteiger partial charge in [-0.2, -0.15) is 0 Å². The minimum atomic E-state index is -0.0464. The monoisotopic (exact) mass is 272 g/mol. The molecule has 0 amide bonds. The normalized spacial score (nSPS) is 22.0. The van der Waals surface area contributed by atoms with Crippen molar-refractivity contribution >= 4 is 10.9 Å². The molecule has 0 spiro atoms. The molecule has 20 heavy (non-hydrogen) atoms. The van der Waals surface area contributed by atoms with Gasteiger partial charge in [-0.3, -0.25) is 16.3 Å². The Bertz CT molecular complexity index is 589. The number of morpholine rings is 1. The smallest absolute Gasteiger partial charge is 0.0910 e. The number of nitrogens with zero attached hydrogens (tertiary/aromatic N) is 2. The van der Waals surface area contributed by atoms with Gasteiger partial charge in [0.05, 0.1) is 24.3 Å². The number of rotatable bonds is 3. The van der Waals surface area contributed by atoms with Crippen LogP contribution in [0.3, 0.4) is 0 Å². The number of hydrogen-bond donors (Lipinski definition) is 2. The maximum absolute atomic E-state index is 5.86. The van der Waals surface area contributed by atoms with Crippen LogP contribution in [0.25, 0.3) is 10.9 Å². The number of likely N-dealkylation sites (N-methyl/N-ethyl adjacent to an activating group) is 1. The maximum Gasteiger partial charge on any atom is 0.0910 e. The molecule has 3 N–H and O–H groups in total. The van der Waals surface area contributed by atoms with Gasteiger partial charge >= 0.3 is 0 Å². The highest BCUT2D eigenvalue weighted by molar-refractivity contribution is 5.78. The van der Waals surface area contributed by atoms with Crippen molar-refractivity contribution in [3.63, 3.8) is 0 Å². The van der Waals surface area contributed by atoms with Gasteiger partial charge in [0.1, 0.15) is 0 Å². The molecule has 1 aromatic heterocycles. The van der Waals surface area contributed by atoms with E-state index in [1.807, 2.05) is 24.4 Å². The second-order valence-corrected chi connectivity index (χ2v) is 5.28. The Labute approximate surface area is 118 Å². The first-order valence-electron chi connectivity index (χ1n) is 6.89. The molecule has 2 atom stereocenters. The summed E-state index contributed by atoms with van der Waals surface area (Å²) < 4.78 is 5.86. The summed E-state index contributed by atoms with van der Waals surface area (Å²) in [5.41, 5.74) is 4.94. The lowest BCUT2D eigenvalue weighted by molar-refractivity contribution is -0.0393. The number of aromatic nitrogens is 1. The van der Waals surface area contributed by atoms with Gasteiger partial charge in [0.25, 0.3) is 0 Å². The summed E-state index contributed by atoms with van der Waals surface area (Å²) >= 11 is 0. The third-order valence-corrected chi connectivity index (χ3v) is 3.82. The van der Waals surface area contributed by atoms with E-state index in [9.17, 15) is 0 Å². The lowest BCUT2D eigenvalue weighted by Gasteiger charge is -2.35. The molecule has 0 aliphatic carbocycles. The fourth-order valence-corrected chi connectivity index (χ4v) is 2.69. The van der Waals surface area contributed by atoms with Gasteiger partial charge in [-0.15, -0.1) is 0 Å². The molecule has 1 aromatic carbocycles. The van der Waals surface area contributed by atoms with E-state index in [0.717, 1.165) is 36.2 Å².